The molecule has 0 aliphatic carbocycles. The van der Waals surface area contributed by atoms with E-state index in [2.05, 4.69) is 140 Å². The van der Waals surface area contributed by atoms with E-state index in [-0.39, 0.29) is 0 Å². The van der Waals surface area contributed by atoms with Crippen LogP contribution in [-0.2, 0) is 0 Å². The minimum atomic E-state index is 1.09. The molecule has 0 atom stereocenters. The summed E-state index contributed by atoms with van der Waals surface area (Å²) in [5.74, 6) is 0. The normalized spacial score (nSPS) is 11.9. The maximum Gasteiger partial charge on any atom is 0.0627 e. The lowest BCUT2D eigenvalue weighted by molar-refractivity contribution is 1.14. The lowest BCUT2D eigenvalue weighted by atomic mass is 9.82. The van der Waals surface area contributed by atoms with Crippen molar-refractivity contribution in [2.24, 2.45) is 0 Å². The van der Waals surface area contributed by atoms with E-state index in [1.807, 2.05) is 36.9 Å². The van der Waals surface area contributed by atoms with Gasteiger partial charge in [-0.05, 0) is 71.4 Å². The first-order chi connectivity index (χ1) is 22.9. The highest BCUT2D eigenvalue weighted by Gasteiger charge is 2.30. The van der Waals surface area contributed by atoms with Crippen LogP contribution in [0.15, 0.2) is 158 Å². The molecule has 0 unspecified atom stereocenters. The van der Waals surface area contributed by atoms with Crippen LogP contribution >= 0.6 is 0 Å². The van der Waals surface area contributed by atoms with E-state index in [9.17, 15) is 0 Å². The van der Waals surface area contributed by atoms with Crippen LogP contribution in [0.3, 0.4) is 0 Å². The topological polar surface area (TPSA) is 35.6 Å². The molecule has 4 heteroatoms. The monoisotopic (exact) mass is 586 g/mol. The zero-order valence-corrected chi connectivity index (χ0v) is 24.8. The van der Waals surface area contributed by atoms with Crippen molar-refractivity contribution in [3.8, 4) is 44.8 Å². The van der Waals surface area contributed by atoms with Gasteiger partial charge in [0, 0.05) is 80.3 Å². The molecule has 46 heavy (non-hydrogen) atoms. The molecule has 0 saturated heterocycles. The summed E-state index contributed by atoms with van der Waals surface area (Å²) in [4.78, 5) is 9.14. The molecule has 0 spiro atoms. The summed E-state index contributed by atoms with van der Waals surface area (Å²) in [5.41, 5.74) is 14.0. The number of rotatable bonds is 4. The highest BCUT2D eigenvalue weighted by molar-refractivity contribution is 6.30. The Kier molecular flexibility index (Phi) is 5.25. The average molecular weight is 587 g/mol. The first-order valence-corrected chi connectivity index (χ1v) is 15.6. The van der Waals surface area contributed by atoms with Gasteiger partial charge < -0.3 is 9.13 Å². The molecule has 214 valence electrons. The van der Waals surface area contributed by atoms with Crippen LogP contribution in [0.1, 0.15) is 0 Å². The number of hydrogen-bond acceptors (Lipinski definition) is 2. The van der Waals surface area contributed by atoms with E-state index in [0.29, 0.717) is 0 Å². The number of hydrogen-bond donors (Lipinski definition) is 0. The van der Waals surface area contributed by atoms with Crippen LogP contribution in [-0.4, -0.2) is 19.1 Å². The zero-order valence-electron chi connectivity index (χ0n) is 24.8. The fraction of sp³-hybridized carbons (Fsp3) is 0. The molecule has 0 fully saturated rings. The standard InChI is InChI=1S/C42H26N4/c1-3-15-31(16-4-1)45-35-19-7-11-27-24-34(30-14-10-22-44-26-30)42-40(37(27)35)39-38-28(23-33(41(39)45)29-13-9-21-43-25-29)12-8-20-36(38)46(42)32-17-5-2-6-18-32/h1-26H. The van der Waals surface area contributed by atoms with Crippen LogP contribution in [0.4, 0.5) is 0 Å². The molecule has 10 rings (SSSR count). The average Bonchev–Trinajstić information content (AvgIpc) is 3.13. The van der Waals surface area contributed by atoms with E-state index < -0.39 is 0 Å². The molecule has 0 amide bonds. The molecule has 2 aromatic heterocycles. The summed E-state index contributed by atoms with van der Waals surface area (Å²) in [6.07, 6.45) is 7.66. The summed E-state index contributed by atoms with van der Waals surface area (Å²) in [6, 6.07) is 48.1. The predicted octanol–water partition coefficient (Wildman–Crippen LogP) is 10.5. The van der Waals surface area contributed by atoms with Gasteiger partial charge >= 0.3 is 0 Å². The van der Waals surface area contributed by atoms with Crippen molar-refractivity contribution in [1.82, 2.24) is 19.1 Å². The van der Waals surface area contributed by atoms with Crippen molar-refractivity contribution in [2.75, 3.05) is 0 Å². The number of nitrogens with zero attached hydrogens (tertiary/aromatic N) is 4. The van der Waals surface area contributed by atoms with E-state index in [4.69, 9.17) is 0 Å². The molecule has 4 nitrogen and oxygen atoms in total. The van der Waals surface area contributed by atoms with Crippen molar-refractivity contribution >= 4 is 43.6 Å². The van der Waals surface area contributed by atoms with Crippen LogP contribution in [0.5, 0.6) is 0 Å². The second-order valence-corrected chi connectivity index (χ2v) is 11.9. The van der Waals surface area contributed by atoms with Crippen LogP contribution in [0.25, 0.3) is 88.4 Å². The van der Waals surface area contributed by atoms with Crippen LogP contribution < -0.4 is 0 Å². The molecule has 2 aliphatic rings. The minimum Gasteiger partial charge on any atom is -0.309 e. The molecular formula is C42H26N4. The molecule has 4 heterocycles. The van der Waals surface area contributed by atoms with Gasteiger partial charge in [-0.25, -0.2) is 0 Å². The Hall–Kier alpha value is -6.26. The fourth-order valence-corrected chi connectivity index (χ4v) is 7.59. The number of pyridine rings is 4. The molecule has 0 bridgehead atoms. The SMILES string of the molecule is c1ccc(-n2c3c(-c4cccnc4)cc4cccc5c4c3-c3c4c(cccc42)cc(-c2cccnc2)c3n5-c2ccccc2)cc1. The second kappa shape index (κ2) is 9.62. The van der Waals surface area contributed by atoms with Gasteiger partial charge in [0.2, 0.25) is 0 Å². The highest BCUT2D eigenvalue weighted by Crippen LogP contribution is 2.53. The van der Waals surface area contributed by atoms with Gasteiger partial charge in [-0.3, -0.25) is 9.97 Å². The van der Waals surface area contributed by atoms with Gasteiger partial charge in [-0.2, -0.15) is 0 Å². The van der Waals surface area contributed by atoms with Crippen molar-refractivity contribution in [3.63, 3.8) is 0 Å². The van der Waals surface area contributed by atoms with Gasteiger partial charge in [0.25, 0.3) is 0 Å². The Balaban J connectivity index is 1.57. The molecule has 8 aromatic rings. The Morgan fingerprint density at radius 2 is 0.870 bits per heavy atom. The lowest BCUT2D eigenvalue weighted by Crippen LogP contribution is -2.11. The minimum absolute atomic E-state index is 1.09. The summed E-state index contributed by atoms with van der Waals surface area (Å²) < 4.78 is 4.93. The summed E-state index contributed by atoms with van der Waals surface area (Å²) >= 11 is 0. The summed E-state index contributed by atoms with van der Waals surface area (Å²) in [7, 11) is 0. The molecule has 6 aromatic carbocycles. The Morgan fingerprint density at radius 3 is 1.28 bits per heavy atom. The third kappa shape index (κ3) is 3.44. The van der Waals surface area contributed by atoms with E-state index in [1.54, 1.807) is 0 Å². The molecular weight excluding hydrogens is 560 g/mol. The zero-order chi connectivity index (χ0) is 30.2. The summed E-state index contributed by atoms with van der Waals surface area (Å²) in [5, 5.41) is 4.91. The van der Waals surface area contributed by atoms with Gasteiger partial charge in [0.15, 0.2) is 0 Å². The first-order valence-electron chi connectivity index (χ1n) is 15.6. The second-order valence-electron chi connectivity index (χ2n) is 11.9. The lowest BCUT2D eigenvalue weighted by Gasteiger charge is -2.31. The van der Waals surface area contributed by atoms with Crippen LogP contribution in [0, 0.1) is 0 Å². The van der Waals surface area contributed by atoms with Gasteiger partial charge in [0.1, 0.15) is 0 Å². The molecule has 0 N–H and O–H groups in total. The third-order valence-corrected chi connectivity index (χ3v) is 9.39. The molecule has 2 aliphatic heterocycles. The van der Waals surface area contributed by atoms with Crippen LogP contribution in [0.2, 0.25) is 0 Å². The smallest absolute Gasteiger partial charge is 0.0627 e. The predicted molar refractivity (Wildman–Crippen MR) is 189 cm³/mol. The highest BCUT2D eigenvalue weighted by atomic mass is 15.0. The van der Waals surface area contributed by atoms with Crippen molar-refractivity contribution < 1.29 is 0 Å². The fourth-order valence-electron chi connectivity index (χ4n) is 7.59. The number of para-hydroxylation sites is 2. The third-order valence-electron chi connectivity index (χ3n) is 9.39. The maximum absolute atomic E-state index is 4.57. The first kappa shape index (κ1) is 25.1. The Labute approximate surface area is 265 Å². The van der Waals surface area contributed by atoms with Crippen molar-refractivity contribution in [1.29, 1.82) is 0 Å². The maximum atomic E-state index is 4.57. The van der Waals surface area contributed by atoms with E-state index >= 15 is 0 Å². The largest absolute Gasteiger partial charge is 0.309 e. The van der Waals surface area contributed by atoms with Gasteiger partial charge in [0.05, 0.1) is 22.1 Å². The number of aromatic nitrogens is 4. The van der Waals surface area contributed by atoms with Gasteiger partial charge in [-0.1, -0.05) is 72.8 Å². The summed E-state index contributed by atoms with van der Waals surface area (Å²) in [6.45, 7) is 0. The van der Waals surface area contributed by atoms with Crippen molar-refractivity contribution in [3.05, 3.63) is 158 Å². The molecule has 0 saturated carbocycles. The Bertz CT molecular complexity index is 2470. The Morgan fingerprint density at radius 1 is 0.413 bits per heavy atom. The van der Waals surface area contributed by atoms with E-state index in [1.165, 1.54) is 54.7 Å². The quantitative estimate of drug-likeness (QED) is 0.152. The molecule has 0 radical (unpaired) electrons. The van der Waals surface area contributed by atoms with E-state index in [0.717, 1.165) is 33.6 Å². The number of benzene rings is 6. The van der Waals surface area contributed by atoms with Crippen molar-refractivity contribution in [2.45, 2.75) is 0 Å². The van der Waals surface area contributed by atoms with Gasteiger partial charge in [-0.15, -0.1) is 0 Å².